The van der Waals surface area contributed by atoms with Crippen molar-refractivity contribution in [1.82, 2.24) is 19.3 Å². The van der Waals surface area contributed by atoms with Crippen molar-refractivity contribution >= 4 is 17.0 Å². The van der Waals surface area contributed by atoms with Crippen LogP contribution >= 0.6 is 0 Å². The van der Waals surface area contributed by atoms with Crippen LogP contribution in [-0.2, 0) is 25.0 Å². The predicted molar refractivity (Wildman–Crippen MR) is 138 cm³/mol. The number of aryl methyl sites for hydroxylation is 1. The van der Waals surface area contributed by atoms with Crippen LogP contribution < -0.4 is 14.2 Å². The van der Waals surface area contributed by atoms with Crippen LogP contribution in [0.25, 0.3) is 11.0 Å². The molecule has 2 aromatic carbocycles. The Morgan fingerprint density at radius 3 is 2.58 bits per heavy atom. The Labute approximate surface area is 228 Å². The molecule has 5 rings (SSSR count). The molecule has 40 heavy (non-hydrogen) atoms. The summed E-state index contributed by atoms with van der Waals surface area (Å²) in [5.74, 6) is -0.785. The number of aliphatic carboxylic acids is 1. The Bertz CT molecular complexity index is 1510. The lowest BCUT2D eigenvalue weighted by atomic mass is 9.78. The molecule has 0 unspecified atom stereocenters. The Kier molecular flexibility index (Phi) is 7.59. The smallest absolute Gasteiger partial charge is 0.496 e. The maximum atomic E-state index is 12.8. The number of imidazole rings is 1. The van der Waals surface area contributed by atoms with E-state index in [0.29, 0.717) is 41.0 Å². The Hall–Kier alpha value is -4.22. The zero-order valence-corrected chi connectivity index (χ0v) is 22.0. The van der Waals surface area contributed by atoms with E-state index in [1.54, 1.807) is 10.7 Å². The summed E-state index contributed by atoms with van der Waals surface area (Å²) >= 11 is 0. The molecule has 12 heteroatoms. The monoisotopic (exact) mass is 558 g/mol. The van der Waals surface area contributed by atoms with Gasteiger partial charge in [0.1, 0.15) is 29.7 Å². The number of rotatable bonds is 9. The second kappa shape index (κ2) is 11.1. The predicted octanol–water partition coefficient (Wildman–Crippen LogP) is 5.66. The van der Waals surface area contributed by atoms with E-state index in [4.69, 9.17) is 14.5 Å². The van der Waals surface area contributed by atoms with E-state index in [2.05, 4.69) is 9.84 Å². The first-order valence-corrected chi connectivity index (χ1v) is 12.9. The number of alkyl halides is 3. The van der Waals surface area contributed by atoms with Crippen molar-refractivity contribution in [1.29, 1.82) is 0 Å². The van der Waals surface area contributed by atoms with Gasteiger partial charge >= 0.3 is 12.3 Å². The van der Waals surface area contributed by atoms with Gasteiger partial charge in [0.25, 0.3) is 0 Å². The number of fused-ring (bicyclic) bond motifs is 1. The zero-order chi connectivity index (χ0) is 28.4. The maximum absolute atomic E-state index is 12.8. The number of carbonyl (C=O) groups is 1. The van der Waals surface area contributed by atoms with Crippen LogP contribution in [0.15, 0.2) is 48.7 Å². The van der Waals surface area contributed by atoms with Crippen LogP contribution in [0.3, 0.4) is 0 Å². The summed E-state index contributed by atoms with van der Waals surface area (Å²) in [5.41, 5.74) is 2.71. The highest BCUT2D eigenvalue weighted by Gasteiger charge is 2.36. The van der Waals surface area contributed by atoms with E-state index in [1.165, 1.54) is 25.3 Å². The molecule has 1 aliphatic rings. The molecule has 0 aliphatic heterocycles. The number of benzene rings is 2. The summed E-state index contributed by atoms with van der Waals surface area (Å²) in [6.07, 6.45) is -0.0900. The van der Waals surface area contributed by atoms with Crippen molar-refractivity contribution in [3.63, 3.8) is 0 Å². The Morgan fingerprint density at radius 2 is 1.88 bits per heavy atom. The highest BCUT2D eigenvalue weighted by Crippen LogP contribution is 2.40. The molecule has 1 fully saturated rings. The van der Waals surface area contributed by atoms with Gasteiger partial charge in [-0.15, -0.1) is 13.2 Å². The highest BCUT2D eigenvalue weighted by molar-refractivity contribution is 5.79. The van der Waals surface area contributed by atoms with Gasteiger partial charge in [-0.1, -0.05) is 12.8 Å². The van der Waals surface area contributed by atoms with Crippen LogP contribution in [0.1, 0.15) is 48.7 Å². The second-order valence-corrected chi connectivity index (χ2v) is 9.83. The third kappa shape index (κ3) is 6.00. The zero-order valence-electron chi connectivity index (χ0n) is 22.0. The molecule has 1 aliphatic carbocycles. The number of methoxy groups -OCH3 is 1. The normalized spacial score (nSPS) is 17.6. The molecule has 2 aromatic heterocycles. The van der Waals surface area contributed by atoms with Gasteiger partial charge in [-0.25, -0.2) is 4.98 Å². The van der Waals surface area contributed by atoms with Crippen molar-refractivity contribution in [2.24, 2.45) is 13.0 Å². The first-order chi connectivity index (χ1) is 19.1. The molecular formula is C28H29F3N4O5. The van der Waals surface area contributed by atoms with Crippen LogP contribution in [0, 0.1) is 5.92 Å². The van der Waals surface area contributed by atoms with Crippen LogP contribution in [0.4, 0.5) is 13.2 Å². The van der Waals surface area contributed by atoms with Gasteiger partial charge in [0, 0.05) is 36.9 Å². The largest absolute Gasteiger partial charge is 0.573 e. The van der Waals surface area contributed by atoms with Gasteiger partial charge in [0.05, 0.1) is 36.3 Å². The summed E-state index contributed by atoms with van der Waals surface area (Å²) in [6.45, 7) is 0.444. The number of hydrogen-bond acceptors (Lipinski definition) is 6. The Morgan fingerprint density at radius 1 is 1.10 bits per heavy atom. The van der Waals surface area contributed by atoms with E-state index < -0.39 is 24.0 Å². The van der Waals surface area contributed by atoms with Crippen molar-refractivity contribution < 1.29 is 37.3 Å². The number of nitrogens with zero attached hydrogens (tertiary/aromatic N) is 4. The summed E-state index contributed by atoms with van der Waals surface area (Å²) < 4.78 is 57.4. The third-order valence-corrected chi connectivity index (χ3v) is 7.14. The first-order valence-electron chi connectivity index (χ1n) is 12.9. The van der Waals surface area contributed by atoms with Crippen LogP contribution in [-0.4, -0.2) is 43.9 Å². The number of aromatic nitrogens is 4. The van der Waals surface area contributed by atoms with Gasteiger partial charge in [-0.3, -0.25) is 9.48 Å². The molecular weight excluding hydrogens is 529 g/mol. The fourth-order valence-electron chi connectivity index (χ4n) is 5.32. The number of hydrogen-bond donors (Lipinski definition) is 1. The quantitative estimate of drug-likeness (QED) is 0.283. The molecule has 0 saturated heterocycles. The lowest BCUT2D eigenvalue weighted by Crippen LogP contribution is -2.27. The van der Waals surface area contributed by atoms with Gasteiger partial charge in [-0.2, -0.15) is 5.10 Å². The molecule has 4 aromatic rings. The van der Waals surface area contributed by atoms with Crippen molar-refractivity contribution in [3.8, 4) is 17.2 Å². The van der Waals surface area contributed by atoms with Crippen molar-refractivity contribution in [2.45, 2.75) is 51.1 Å². The molecule has 2 atom stereocenters. The minimum absolute atomic E-state index is 0.188. The fourth-order valence-corrected chi connectivity index (χ4v) is 5.32. The molecule has 0 radical (unpaired) electrons. The molecule has 0 bridgehead atoms. The molecule has 0 spiro atoms. The second-order valence-electron chi connectivity index (χ2n) is 9.83. The van der Waals surface area contributed by atoms with E-state index in [1.807, 2.05) is 36.0 Å². The summed E-state index contributed by atoms with van der Waals surface area (Å²) in [7, 11) is 3.19. The van der Waals surface area contributed by atoms with Gasteiger partial charge < -0.3 is 23.9 Å². The average molecular weight is 559 g/mol. The molecule has 1 saturated carbocycles. The van der Waals surface area contributed by atoms with Gasteiger partial charge in [0.15, 0.2) is 0 Å². The first kappa shape index (κ1) is 27.4. The van der Waals surface area contributed by atoms with E-state index in [-0.39, 0.29) is 24.8 Å². The standard InChI is InChI=1S/C28H29F3N4O5/c1-34-12-11-18(33-34)16-39-19-9-10-23-24(13-19)35(26(32-23)21-5-3-4-6-22(21)27(36)37)15-17-7-8-20(14-25(17)38-2)40-28(29,30)31/h7-14,21-22H,3-6,15-16H2,1-2H3,(H,36,37)/t21-,22+/m1/s1. The van der Waals surface area contributed by atoms with Gasteiger partial charge in [-0.05, 0) is 43.2 Å². The maximum Gasteiger partial charge on any atom is 0.573 e. The van der Waals surface area contributed by atoms with Crippen molar-refractivity contribution in [3.05, 3.63) is 65.7 Å². The van der Waals surface area contributed by atoms with Gasteiger partial charge in [0.2, 0.25) is 0 Å². The summed E-state index contributed by atoms with van der Waals surface area (Å²) in [4.78, 5) is 17.0. The number of carboxylic acid groups (broad SMARTS) is 1. The van der Waals surface area contributed by atoms with E-state index >= 15 is 0 Å². The number of ether oxygens (including phenoxy) is 3. The Balaban J connectivity index is 1.55. The van der Waals surface area contributed by atoms with Crippen molar-refractivity contribution in [2.75, 3.05) is 7.11 Å². The molecule has 1 N–H and O–H groups in total. The minimum atomic E-state index is -4.83. The van der Waals surface area contributed by atoms with E-state index in [9.17, 15) is 23.1 Å². The number of halogens is 3. The van der Waals surface area contributed by atoms with Crippen LogP contribution in [0.2, 0.25) is 0 Å². The molecule has 212 valence electrons. The summed E-state index contributed by atoms with van der Waals surface area (Å²) in [6, 6.07) is 11.2. The minimum Gasteiger partial charge on any atom is -0.496 e. The highest BCUT2D eigenvalue weighted by atomic mass is 19.4. The van der Waals surface area contributed by atoms with E-state index in [0.717, 1.165) is 18.5 Å². The summed E-state index contributed by atoms with van der Waals surface area (Å²) in [5, 5.41) is 14.3. The lowest BCUT2D eigenvalue weighted by Gasteiger charge is -2.28. The fraction of sp³-hybridized carbons (Fsp3) is 0.393. The molecule has 0 amide bonds. The number of carboxylic acids is 1. The SMILES string of the molecule is COc1cc(OC(F)(F)F)ccc1Cn1c([C@@H]2CCCC[C@@H]2C(=O)O)nc2ccc(OCc3ccn(C)n3)cc21. The molecule has 2 heterocycles. The molecule has 9 nitrogen and oxygen atoms in total. The lowest BCUT2D eigenvalue weighted by molar-refractivity contribution is -0.274. The topological polar surface area (TPSA) is 101 Å². The van der Waals surface area contributed by atoms with Crippen LogP contribution in [0.5, 0.6) is 17.2 Å². The third-order valence-electron chi connectivity index (χ3n) is 7.14. The average Bonchev–Trinajstić information content (AvgIpc) is 3.50.